The fraction of sp³-hybridized carbons (Fsp3) is 0.625. The van der Waals surface area contributed by atoms with Crippen LogP contribution in [0.25, 0.3) is 0 Å². The van der Waals surface area contributed by atoms with E-state index >= 15 is 0 Å². The van der Waals surface area contributed by atoms with Crippen molar-refractivity contribution >= 4 is 0 Å². The molecule has 0 aromatic heterocycles. The van der Waals surface area contributed by atoms with Crippen LogP contribution in [0.1, 0.15) is 12.8 Å². The molecule has 2 nitrogen and oxygen atoms in total. The fourth-order valence-corrected chi connectivity index (χ4v) is 1.93. The Morgan fingerprint density at radius 2 is 2.30 bits per heavy atom. The fourth-order valence-electron chi connectivity index (χ4n) is 1.93. The lowest BCUT2D eigenvalue weighted by molar-refractivity contribution is 0.136. The average molecular weight is 135 g/mol. The maximum Gasteiger partial charge on any atom is 0.286 e. The molecule has 10 heavy (non-hydrogen) atoms. The smallest absolute Gasteiger partial charge is 0.286 e. The number of hydrogen-bond donors (Lipinski definition) is 0. The minimum atomic E-state index is 0.194. The van der Waals surface area contributed by atoms with Crippen LogP contribution in [0.3, 0.4) is 0 Å². The third kappa shape index (κ3) is 0.706. The molecule has 0 spiro atoms. The lowest BCUT2D eigenvalue weighted by atomic mass is 10.1. The maximum atomic E-state index is 8.26. The number of hydrogen-bond acceptors (Lipinski definition) is 2. The topological polar surface area (TPSA) is 33.0 Å². The molecular weight excluding hydrogens is 126 g/mol. The Morgan fingerprint density at radius 1 is 1.40 bits per heavy atom. The number of nitrogens with zero attached hydrogens (tertiary/aromatic N) is 1. The third-order valence-electron chi connectivity index (χ3n) is 2.42. The highest BCUT2D eigenvalue weighted by Crippen LogP contribution is 2.40. The zero-order chi connectivity index (χ0) is 6.97. The van der Waals surface area contributed by atoms with Crippen LogP contribution in [-0.4, -0.2) is 6.10 Å². The number of nitriles is 1. The SMILES string of the molecule is N#COC1CC2C=CC1C2. The minimum Gasteiger partial charge on any atom is -0.424 e. The Labute approximate surface area is 60.1 Å². The standard InChI is InChI=1S/C8H9NO/c9-5-10-8-4-6-1-2-7(8)3-6/h1-2,6-8H,3-4H2. The number of fused-ring (bicyclic) bond motifs is 2. The first kappa shape index (κ1) is 5.79. The molecule has 2 rings (SSSR count). The molecule has 0 aromatic carbocycles. The third-order valence-corrected chi connectivity index (χ3v) is 2.42. The first-order chi connectivity index (χ1) is 4.90. The van der Waals surface area contributed by atoms with E-state index in [1.807, 2.05) is 0 Å². The molecule has 0 aliphatic heterocycles. The molecule has 1 saturated carbocycles. The largest absolute Gasteiger partial charge is 0.424 e. The van der Waals surface area contributed by atoms with Gasteiger partial charge in [0.05, 0.1) is 0 Å². The lowest BCUT2D eigenvalue weighted by Gasteiger charge is -2.13. The highest BCUT2D eigenvalue weighted by atomic mass is 16.5. The lowest BCUT2D eigenvalue weighted by Crippen LogP contribution is -2.14. The van der Waals surface area contributed by atoms with Crippen LogP contribution in [0.5, 0.6) is 0 Å². The molecule has 2 aliphatic rings. The van der Waals surface area contributed by atoms with Gasteiger partial charge in [0.2, 0.25) is 0 Å². The van der Waals surface area contributed by atoms with Crippen molar-refractivity contribution in [3.63, 3.8) is 0 Å². The van der Waals surface area contributed by atoms with Crippen molar-refractivity contribution in [3.05, 3.63) is 12.2 Å². The summed E-state index contributed by atoms with van der Waals surface area (Å²) in [5.74, 6) is 1.23. The molecule has 3 atom stereocenters. The summed E-state index contributed by atoms with van der Waals surface area (Å²) in [6.07, 6.45) is 8.62. The van der Waals surface area contributed by atoms with Gasteiger partial charge < -0.3 is 4.74 Å². The van der Waals surface area contributed by atoms with E-state index in [0.717, 1.165) is 6.42 Å². The quantitative estimate of drug-likeness (QED) is 0.402. The maximum absolute atomic E-state index is 8.26. The monoisotopic (exact) mass is 135 g/mol. The summed E-state index contributed by atoms with van der Waals surface area (Å²) in [5.41, 5.74) is 0. The van der Waals surface area contributed by atoms with Gasteiger partial charge in [0.15, 0.2) is 0 Å². The predicted molar refractivity (Wildman–Crippen MR) is 35.8 cm³/mol. The second kappa shape index (κ2) is 2.02. The van der Waals surface area contributed by atoms with Crippen molar-refractivity contribution in [2.45, 2.75) is 18.9 Å². The molecule has 0 aromatic rings. The highest BCUT2D eigenvalue weighted by Gasteiger charge is 2.36. The molecule has 2 bridgehead atoms. The highest BCUT2D eigenvalue weighted by molar-refractivity contribution is 5.11. The van der Waals surface area contributed by atoms with Gasteiger partial charge in [0.1, 0.15) is 6.10 Å². The summed E-state index contributed by atoms with van der Waals surface area (Å²) in [7, 11) is 0. The molecule has 3 unspecified atom stereocenters. The molecule has 0 amide bonds. The molecular formula is C8H9NO. The van der Waals surface area contributed by atoms with Gasteiger partial charge in [0, 0.05) is 5.92 Å². The van der Waals surface area contributed by atoms with Gasteiger partial charge in [-0.15, -0.1) is 0 Å². The van der Waals surface area contributed by atoms with E-state index in [1.54, 1.807) is 6.26 Å². The Bertz CT molecular complexity index is 204. The average Bonchev–Trinajstić information content (AvgIpc) is 2.48. The van der Waals surface area contributed by atoms with E-state index in [-0.39, 0.29) is 6.10 Å². The summed E-state index contributed by atoms with van der Waals surface area (Å²) in [6, 6.07) is 0. The second-order valence-electron chi connectivity index (χ2n) is 3.03. The molecule has 52 valence electrons. The van der Waals surface area contributed by atoms with Gasteiger partial charge in [-0.1, -0.05) is 12.2 Å². The van der Waals surface area contributed by atoms with Crippen LogP contribution in [-0.2, 0) is 4.74 Å². The van der Waals surface area contributed by atoms with Crippen LogP contribution >= 0.6 is 0 Å². The van der Waals surface area contributed by atoms with Crippen molar-refractivity contribution in [2.24, 2.45) is 11.8 Å². The van der Waals surface area contributed by atoms with Crippen LogP contribution < -0.4 is 0 Å². The van der Waals surface area contributed by atoms with E-state index in [0.29, 0.717) is 11.8 Å². The molecule has 2 aliphatic carbocycles. The summed E-state index contributed by atoms with van der Waals surface area (Å²) in [5, 5.41) is 8.26. The number of rotatable bonds is 1. The van der Waals surface area contributed by atoms with Crippen molar-refractivity contribution < 1.29 is 4.74 Å². The number of ether oxygens (including phenoxy) is 1. The van der Waals surface area contributed by atoms with E-state index in [2.05, 4.69) is 12.2 Å². The van der Waals surface area contributed by atoms with Crippen molar-refractivity contribution in [2.75, 3.05) is 0 Å². The molecule has 0 N–H and O–H groups in total. The zero-order valence-corrected chi connectivity index (χ0v) is 5.66. The van der Waals surface area contributed by atoms with E-state index < -0.39 is 0 Å². The molecule has 0 heterocycles. The van der Waals surface area contributed by atoms with E-state index in [4.69, 9.17) is 10.00 Å². The van der Waals surface area contributed by atoms with Gasteiger partial charge in [0.25, 0.3) is 6.26 Å². The summed E-state index contributed by atoms with van der Waals surface area (Å²) in [4.78, 5) is 0. The van der Waals surface area contributed by atoms with Crippen molar-refractivity contribution in [1.82, 2.24) is 0 Å². The van der Waals surface area contributed by atoms with Gasteiger partial charge in [-0.05, 0) is 18.8 Å². The Morgan fingerprint density at radius 3 is 2.80 bits per heavy atom. The second-order valence-corrected chi connectivity index (χ2v) is 3.03. The Kier molecular flexibility index (Phi) is 1.17. The molecule has 1 fully saturated rings. The molecule has 2 heteroatoms. The normalized spacial score (nSPS) is 41.7. The van der Waals surface area contributed by atoms with Crippen molar-refractivity contribution in [3.8, 4) is 6.26 Å². The van der Waals surface area contributed by atoms with Gasteiger partial charge >= 0.3 is 0 Å². The first-order valence-electron chi connectivity index (χ1n) is 3.63. The summed E-state index contributed by atoms with van der Waals surface area (Å²) < 4.78 is 4.89. The molecule has 0 saturated heterocycles. The first-order valence-corrected chi connectivity index (χ1v) is 3.63. The van der Waals surface area contributed by atoms with Crippen LogP contribution in [0.4, 0.5) is 0 Å². The van der Waals surface area contributed by atoms with Crippen LogP contribution in [0.15, 0.2) is 12.2 Å². The Hall–Kier alpha value is -0.970. The zero-order valence-electron chi connectivity index (χ0n) is 5.66. The van der Waals surface area contributed by atoms with Crippen LogP contribution in [0.2, 0.25) is 0 Å². The van der Waals surface area contributed by atoms with Crippen LogP contribution in [0, 0.1) is 23.4 Å². The summed E-state index contributed by atoms with van der Waals surface area (Å²) in [6.45, 7) is 0. The minimum absolute atomic E-state index is 0.194. The van der Waals surface area contributed by atoms with Gasteiger partial charge in [-0.3, -0.25) is 0 Å². The van der Waals surface area contributed by atoms with E-state index in [9.17, 15) is 0 Å². The van der Waals surface area contributed by atoms with E-state index in [1.165, 1.54) is 6.42 Å². The predicted octanol–water partition coefficient (Wildman–Crippen LogP) is 1.45. The van der Waals surface area contributed by atoms with Gasteiger partial charge in [-0.2, -0.15) is 5.26 Å². The summed E-state index contributed by atoms with van der Waals surface area (Å²) >= 11 is 0. The number of allylic oxidation sites excluding steroid dienone is 1. The van der Waals surface area contributed by atoms with Crippen molar-refractivity contribution in [1.29, 1.82) is 5.26 Å². The Balaban J connectivity index is 2.04. The molecule has 0 radical (unpaired) electrons. The van der Waals surface area contributed by atoms with Gasteiger partial charge in [-0.25, -0.2) is 0 Å².